The predicted octanol–water partition coefficient (Wildman–Crippen LogP) is 2.86. The van der Waals surface area contributed by atoms with Crippen molar-refractivity contribution in [3.8, 4) is 0 Å². The molecule has 26 heavy (non-hydrogen) atoms. The van der Waals surface area contributed by atoms with Crippen molar-refractivity contribution >= 4 is 27.6 Å². The summed E-state index contributed by atoms with van der Waals surface area (Å²) in [6.45, 7) is 3.59. The maximum Gasteiger partial charge on any atom is 0.191 e. The third-order valence-corrected chi connectivity index (χ3v) is 6.89. The Morgan fingerprint density at radius 1 is 1.27 bits per heavy atom. The molecule has 1 aliphatic carbocycles. The van der Waals surface area contributed by atoms with Crippen LogP contribution in [-0.4, -0.2) is 51.3 Å². The van der Waals surface area contributed by atoms with Crippen molar-refractivity contribution < 1.29 is 8.42 Å². The van der Waals surface area contributed by atoms with E-state index in [0.717, 1.165) is 29.7 Å². The maximum atomic E-state index is 11.5. The van der Waals surface area contributed by atoms with Crippen molar-refractivity contribution in [1.82, 2.24) is 10.6 Å². The van der Waals surface area contributed by atoms with Crippen LogP contribution >= 0.6 is 11.8 Å². The first kappa shape index (κ1) is 21.1. The smallest absolute Gasteiger partial charge is 0.191 e. The summed E-state index contributed by atoms with van der Waals surface area (Å²) in [6, 6.07) is 7.57. The molecular formula is C19H31N3O2S2. The molecule has 0 bridgehead atoms. The molecule has 1 aromatic rings. The van der Waals surface area contributed by atoms with E-state index in [0.29, 0.717) is 17.5 Å². The lowest BCUT2D eigenvalue weighted by Gasteiger charge is -2.29. The van der Waals surface area contributed by atoms with Crippen LogP contribution in [0.15, 0.2) is 34.2 Å². The van der Waals surface area contributed by atoms with Gasteiger partial charge in [-0.2, -0.15) is 11.8 Å². The number of guanidine groups is 1. The second kappa shape index (κ2) is 10.2. The zero-order valence-corrected chi connectivity index (χ0v) is 17.6. The average Bonchev–Trinajstić information content (AvgIpc) is 2.62. The maximum absolute atomic E-state index is 11.5. The Bertz CT molecular complexity index is 687. The van der Waals surface area contributed by atoms with Gasteiger partial charge >= 0.3 is 0 Å². The normalized spacial score (nSPS) is 21.4. The van der Waals surface area contributed by atoms with Gasteiger partial charge in [0, 0.05) is 30.6 Å². The number of nitrogens with zero attached hydrogens (tertiary/aromatic N) is 1. The van der Waals surface area contributed by atoms with Crippen molar-refractivity contribution in [1.29, 1.82) is 0 Å². The fourth-order valence-electron chi connectivity index (χ4n) is 3.20. The van der Waals surface area contributed by atoms with Crippen LogP contribution < -0.4 is 10.6 Å². The number of thioether (sulfide) groups is 1. The summed E-state index contributed by atoms with van der Waals surface area (Å²) in [5, 5.41) is 7.66. The Morgan fingerprint density at radius 2 is 2.00 bits per heavy atom. The van der Waals surface area contributed by atoms with E-state index < -0.39 is 9.84 Å². The van der Waals surface area contributed by atoms with Gasteiger partial charge in [0.1, 0.15) is 0 Å². The summed E-state index contributed by atoms with van der Waals surface area (Å²) in [4.78, 5) is 5.06. The van der Waals surface area contributed by atoms with Crippen LogP contribution in [0.1, 0.15) is 38.2 Å². The lowest BCUT2D eigenvalue weighted by Crippen LogP contribution is -2.45. The van der Waals surface area contributed by atoms with Gasteiger partial charge in [0.2, 0.25) is 0 Å². The summed E-state index contributed by atoms with van der Waals surface area (Å²) in [7, 11) is -3.13. The van der Waals surface area contributed by atoms with Crippen LogP contribution in [0.5, 0.6) is 0 Å². The van der Waals surface area contributed by atoms with Gasteiger partial charge < -0.3 is 10.6 Å². The highest BCUT2D eigenvalue weighted by atomic mass is 32.2. The van der Waals surface area contributed by atoms with Gasteiger partial charge in [-0.15, -0.1) is 0 Å². The largest absolute Gasteiger partial charge is 0.357 e. The van der Waals surface area contributed by atoms with Gasteiger partial charge in [-0.1, -0.05) is 18.6 Å². The van der Waals surface area contributed by atoms with Crippen LogP contribution in [0.4, 0.5) is 0 Å². The van der Waals surface area contributed by atoms with Crippen molar-refractivity contribution in [2.75, 3.05) is 25.6 Å². The van der Waals surface area contributed by atoms with E-state index in [4.69, 9.17) is 4.99 Å². The first-order valence-corrected chi connectivity index (χ1v) is 12.5. The number of nitrogens with one attached hydrogen (secondary N) is 2. The molecule has 0 spiro atoms. The van der Waals surface area contributed by atoms with Crippen LogP contribution in [0.25, 0.3) is 0 Å². The molecule has 1 aliphatic rings. The van der Waals surface area contributed by atoms with E-state index in [1.54, 1.807) is 12.1 Å². The third-order valence-electron chi connectivity index (χ3n) is 4.67. The minimum Gasteiger partial charge on any atom is -0.357 e. The zero-order chi connectivity index (χ0) is 19.0. The quantitative estimate of drug-likeness (QED) is 0.547. The second-order valence-corrected chi connectivity index (χ2v) is 9.95. The molecule has 0 saturated heterocycles. The molecule has 2 unspecified atom stereocenters. The number of aliphatic imine (C=N–C) groups is 1. The van der Waals surface area contributed by atoms with E-state index in [9.17, 15) is 8.42 Å². The molecule has 0 amide bonds. The van der Waals surface area contributed by atoms with Gasteiger partial charge in [0.15, 0.2) is 15.8 Å². The summed E-state index contributed by atoms with van der Waals surface area (Å²) >= 11 is 1.96. The van der Waals surface area contributed by atoms with Crippen LogP contribution in [0.3, 0.4) is 0 Å². The van der Waals surface area contributed by atoms with Gasteiger partial charge in [-0.3, -0.25) is 4.99 Å². The molecule has 146 valence electrons. The molecule has 1 saturated carbocycles. The fraction of sp³-hybridized carbons (Fsp3) is 0.632. The zero-order valence-electron chi connectivity index (χ0n) is 16.0. The Kier molecular flexibility index (Phi) is 8.28. The fourth-order valence-corrected chi connectivity index (χ4v) is 4.66. The van der Waals surface area contributed by atoms with Crippen LogP contribution in [0.2, 0.25) is 0 Å². The SMILES string of the molecule is CCNC(=NCCc1ccc(S(C)(=O)=O)cc1)NC1CCCC(SC)C1. The average molecular weight is 398 g/mol. The minimum absolute atomic E-state index is 0.361. The Hall–Kier alpha value is -1.21. The molecule has 0 radical (unpaired) electrons. The molecular weight excluding hydrogens is 366 g/mol. The molecule has 0 aromatic heterocycles. The summed E-state index contributed by atoms with van der Waals surface area (Å²) in [5.74, 6) is 0.881. The van der Waals surface area contributed by atoms with E-state index in [1.807, 2.05) is 23.9 Å². The molecule has 1 aromatic carbocycles. The number of hydrogen-bond acceptors (Lipinski definition) is 4. The lowest BCUT2D eigenvalue weighted by atomic mass is 9.95. The Morgan fingerprint density at radius 3 is 2.62 bits per heavy atom. The van der Waals surface area contributed by atoms with Gasteiger partial charge in [-0.25, -0.2) is 8.42 Å². The topological polar surface area (TPSA) is 70.6 Å². The number of benzene rings is 1. The van der Waals surface area contributed by atoms with Crippen LogP contribution in [0, 0.1) is 0 Å². The van der Waals surface area contributed by atoms with Gasteiger partial charge in [0.25, 0.3) is 0 Å². The Labute approximate surface area is 162 Å². The molecule has 1 fully saturated rings. The van der Waals surface area contributed by atoms with E-state index in [1.165, 1.54) is 31.9 Å². The number of sulfone groups is 1. The van der Waals surface area contributed by atoms with Crippen molar-refractivity contribution in [3.05, 3.63) is 29.8 Å². The third kappa shape index (κ3) is 6.83. The van der Waals surface area contributed by atoms with Crippen molar-refractivity contribution in [3.63, 3.8) is 0 Å². The second-order valence-electron chi connectivity index (χ2n) is 6.79. The first-order chi connectivity index (χ1) is 12.4. The predicted molar refractivity (Wildman–Crippen MR) is 112 cm³/mol. The summed E-state index contributed by atoms with van der Waals surface area (Å²) < 4.78 is 23.0. The first-order valence-electron chi connectivity index (χ1n) is 9.29. The minimum atomic E-state index is -3.13. The van der Waals surface area contributed by atoms with E-state index in [-0.39, 0.29) is 0 Å². The monoisotopic (exact) mass is 397 g/mol. The number of hydrogen-bond donors (Lipinski definition) is 2. The molecule has 2 atom stereocenters. The Balaban J connectivity index is 1.90. The highest BCUT2D eigenvalue weighted by Gasteiger charge is 2.21. The van der Waals surface area contributed by atoms with Gasteiger partial charge in [-0.05, 0) is 56.6 Å². The highest BCUT2D eigenvalue weighted by molar-refractivity contribution is 7.99. The summed E-state index contributed by atoms with van der Waals surface area (Å²) in [5.41, 5.74) is 1.09. The van der Waals surface area contributed by atoms with Gasteiger partial charge in [0.05, 0.1) is 4.90 Å². The molecule has 2 N–H and O–H groups in total. The molecule has 0 aliphatic heterocycles. The standard InChI is InChI=1S/C19H31N3O2S2/c1-4-20-19(22-16-6-5-7-17(14-16)25-2)21-13-12-15-8-10-18(11-9-15)26(3,23)24/h8-11,16-17H,4-7,12-14H2,1-3H3,(H2,20,21,22). The lowest BCUT2D eigenvalue weighted by molar-refractivity contribution is 0.419. The highest BCUT2D eigenvalue weighted by Crippen LogP contribution is 2.26. The molecule has 0 heterocycles. The van der Waals surface area contributed by atoms with Crippen molar-refractivity contribution in [2.24, 2.45) is 4.99 Å². The molecule has 2 rings (SSSR count). The molecule has 7 heteroatoms. The van der Waals surface area contributed by atoms with Crippen molar-refractivity contribution in [2.45, 2.75) is 55.2 Å². The van der Waals surface area contributed by atoms with E-state index >= 15 is 0 Å². The number of rotatable bonds is 7. The summed E-state index contributed by atoms with van der Waals surface area (Å²) in [6.07, 6.45) is 9.20. The van der Waals surface area contributed by atoms with E-state index in [2.05, 4.69) is 23.8 Å². The van der Waals surface area contributed by atoms with Crippen LogP contribution in [-0.2, 0) is 16.3 Å². The molecule has 5 nitrogen and oxygen atoms in total.